The van der Waals surface area contributed by atoms with Crippen molar-refractivity contribution >= 4 is 39.9 Å². The fourth-order valence-corrected chi connectivity index (χ4v) is 7.36. The molecule has 2 aromatic carbocycles. The molecule has 0 aliphatic carbocycles. The van der Waals surface area contributed by atoms with Gasteiger partial charge in [-0.05, 0) is 78.3 Å². The van der Waals surface area contributed by atoms with Crippen molar-refractivity contribution in [2.45, 2.75) is 29.7 Å². The number of methoxy groups -OCH3 is 1. The number of hydrogen-bond acceptors (Lipinski definition) is 5. The average Bonchev–Trinajstić information content (AvgIpc) is 2.77. The minimum atomic E-state index is -1.25. The largest absolute Gasteiger partial charge is 0.496 e. The van der Waals surface area contributed by atoms with Crippen LogP contribution in [0.15, 0.2) is 58.9 Å². The van der Waals surface area contributed by atoms with E-state index in [1.165, 1.54) is 12.0 Å². The van der Waals surface area contributed by atoms with Crippen LogP contribution in [0.25, 0.3) is 5.57 Å². The van der Waals surface area contributed by atoms with Gasteiger partial charge in [-0.3, -0.25) is 0 Å². The molecule has 1 aliphatic rings. The Hall–Kier alpha value is -1.47. The zero-order valence-electron chi connectivity index (χ0n) is 17.6. The van der Waals surface area contributed by atoms with Crippen LogP contribution in [0.1, 0.15) is 33.3 Å². The Kier molecular flexibility index (Phi) is 8.69. The molecular weight excluding hydrogens is 432 g/mol. The van der Waals surface area contributed by atoms with Gasteiger partial charge in [-0.15, -0.1) is 23.5 Å². The van der Waals surface area contributed by atoms with Gasteiger partial charge < -0.3 is 9.84 Å². The third kappa shape index (κ3) is 5.61. The molecule has 0 amide bonds. The number of benzene rings is 2. The van der Waals surface area contributed by atoms with Crippen molar-refractivity contribution in [3.05, 3.63) is 76.2 Å². The molecule has 2 aromatic rings. The summed E-state index contributed by atoms with van der Waals surface area (Å²) in [5.74, 6) is 3.15. The topological polar surface area (TPSA) is 46.5 Å². The van der Waals surface area contributed by atoms with Gasteiger partial charge in [0.05, 0.1) is 29.1 Å². The SMILES string of the molecule is COc1ccc(C(/C=C\[S@@](=O)c2ccc(C)cc2)=C\CO)c(C2SCCCS2)c1C. The van der Waals surface area contributed by atoms with Crippen LogP contribution in [-0.4, -0.2) is 34.5 Å². The first-order valence-electron chi connectivity index (χ1n) is 9.92. The molecule has 6 heteroatoms. The molecule has 0 radical (unpaired) electrons. The van der Waals surface area contributed by atoms with Crippen molar-refractivity contribution < 1.29 is 14.1 Å². The molecule has 0 aromatic heterocycles. The highest BCUT2D eigenvalue weighted by atomic mass is 32.2. The van der Waals surface area contributed by atoms with E-state index in [0.29, 0.717) is 4.58 Å². The molecule has 0 spiro atoms. The van der Waals surface area contributed by atoms with E-state index in [1.807, 2.05) is 66.9 Å². The highest BCUT2D eigenvalue weighted by molar-refractivity contribution is 8.16. The predicted octanol–water partition coefficient (Wildman–Crippen LogP) is 5.88. The van der Waals surface area contributed by atoms with E-state index in [0.717, 1.165) is 44.4 Å². The van der Waals surface area contributed by atoms with Gasteiger partial charge in [0.15, 0.2) is 0 Å². The van der Waals surface area contributed by atoms with E-state index in [1.54, 1.807) is 18.6 Å². The molecule has 1 saturated heterocycles. The van der Waals surface area contributed by atoms with E-state index >= 15 is 0 Å². The second kappa shape index (κ2) is 11.2. The number of allylic oxidation sites excluding steroid dienone is 2. The normalized spacial score (nSPS) is 16.7. The number of thioether (sulfide) groups is 2. The van der Waals surface area contributed by atoms with Crippen LogP contribution in [0.4, 0.5) is 0 Å². The van der Waals surface area contributed by atoms with Crippen molar-refractivity contribution in [3.8, 4) is 5.75 Å². The summed E-state index contributed by atoms with van der Waals surface area (Å²) in [5, 5.41) is 11.4. The van der Waals surface area contributed by atoms with Crippen molar-refractivity contribution in [1.82, 2.24) is 0 Å². The lowest BCUT2D eigenvalue weighted by Crippen LogP contribution is -2.06. The van der Waals surface area contributed by atoms with Crippen LogP contribution in [0.3, 0.4) is 0 Å². The minimum Gasteiger partial charge on any atom is -0.496 e. The molecule has 3 nitrogen and oxygen atoms in total. The van der Waals surface area contributed by atoms with Gasteiger partial charge in [-0.25, -0.2) is 4.21 Å². The van der Waals surface area contributed by atoms with Crippen molar-refractivity contribution in [3.63, 3.8) is 0 Å². The fraction of sp³-hybridized carbons (Fsp3) is 0.333. The van der Waals surface area contributed by atoms with Gasteiger partial charge in [0.2, 0.25) is 0 Å². The first-order valence-corrected chi connectivity index (χ1v) is 13.2. The molecule has 3 rings (SSSR count). The number of hydrogen-bond donors (Lipinski definition) is 1. The number of ether oxygens (including phenoxy) is 1. The van der Waals surface area contributed by atoms with E-state index in [-0.39, 0.29) is 6.61 Å². The number of rotatable bonds is 7. The summed E-state index contributed by atoms with van der Waals surface area (Å²) in [6.07, 6.45) is 4.87. The zero-order chi connectivity index (χ0) is 21.5. The lowest BCUT2D eigenvalue weighted by atomic mass is 9.95. The van der Waals surface area contributed by atoms with Crippen LogP contribution in [0.5, 0.6) is 5.75 Å². The number of aliphatic hydroxyl groups is 1. The molecule has 0 saturated carbocycles. The smallest absolute Gasteiger partial charge is 0.122 e. The van der Waals surface area contributed by atoms with Crippen LogP contribution in [0.2, 0.25) is 0 Å². The lowest BCUT2D eigenvalue weighted by molar-refractivity contribution is 0.343. The molecule has 1 atom stereocenters. The number of aliphatic hydroxyl groups excluding tert-OH is 1. The van der Waals surface area contributed by atoms with Crippen LogP contribution in [0, 0.1) is 13.8 Å². The molecule has 1 heterocycles. The van der Waals surface area contributed by atoms with E-state index < -0.39 is 10.8 Å². The lowest BCUT2D eigenvalue weighted by Gasteiger charge is -2.26. The molecule has 0 unspecified atom stereocenters. The molecule has 1 fully saturated rings. The number of aryl methyl sites for hydroxylation is 1. The second-order valence-corrected chi connectivity index (χ2v) is 11.1. The highest BCUT2D eigenvalue weighted by Crippen LogP contribution is 2.48. The van der Waals surface area contributed by atoms with Crippen LogP contribution in [-0.2, 0) is 10.8 Å². The Morgan fingerprint density at radius 3 is 2.50 bits per heavy atom. The van der Waals surface area contributed by atoms with E-state index in [4.69, 9.17) is 4.74 Å². The Balaban J connectivity index is 1.99. The molecule has 1 aliphatic heterocycles. The molecular formula is C24H28O3S3. The summed E-state index contributed by atoms with van der Waals surface area (Å²) >= 11 is 3.91. The third-order valence-electron chi connectivity index (χ3n) is 4.99. The molecule has 160 valence electrons. The standard InChI is InChI=1S/C24H28O3S3/c1-17-5-7-20(8-6-17)30(26)16-12-19(11-13-25)21-9-10-22(27-3)18(2)23(21)24-28-14-4-15-29-24/h5-12,16,24-25H,4,13-15H2,1-3H3/b16-12-,19-11-/t30-/m1/s1. The van der Waals surface area contributed by atoms with Crippen molar-refractivity contribution in [2.75, 3.05) is 25.2 Å². The minimum absolute atomic E-state index is 0.0771. The summed E-state index contributed by atoms with van der Waals surface area (Å²) in [4.78, 5) is 0.768. The molecule has 30 heavy (non-hydrogen) atoms. The quantitative estimate of drug-likeness (QED) is 0.523. The summed E-state index contributed by atoms with van der Waals surface area (Å²) in [6, 6.07) is 11.7. The molecule has 1 N–H and O–H groups in total. The second-order valence-electron chi connectivity index (χ2n) is 7.04. The Morgan fingerprint density at radius 2 is 1.87 bits per heavy atom. The van der Waals surface area contributed by atoms with Gasteiger partial charge in [0, 0.05) is 10.3 Å². The van der Waals surface area contributed by atoms with Gasteiger partial charge in [0.25, 0.3) is 0 Å². The fourth-order valence-electron chi connectivity index (χ4n) is 3.39. The van der Waals surface area contributed by atoms with Crippen LogP contribution < -0.4 is 4.74 Å². The Bertz CT molecular complexity index is 943. The summed E-state index contributed by atoms with van der Waals surface area (Å²) in [7, 11) is 0.446. The first-order chi connectivity index (χ1) is 14.5. The first kappa shape index (κ1) is 23.2. The predicted molar refractivity (Wildman–Crippen MR) is 132 cm³/mol. The van der Waals surface area contributed by atoms with Crippen molar-refractivity contribution in [2.24, 2.45) is 0 Å². The molecule has 0 bridgehead atoms. The van der Waals surface area contributed by atoms with Gasteiger partial charge in [0.1, 0.15) is 5.75 Å². The summed E-state index contributed by atoms with van der Waals surface area (Å²) in [6.45, 7) is 4.03. The Labute approximate surface area is 190 Å². The Morgan fingerprint density at radius 1 is 1.17 bits per heavy atom. The maximum atomic E-state index is 12.8. The van der Waals surface area contributed by atoms with Crippen molar-refractivity contribution in [1.29, 1.82) is 0 Å². The highest BCUT2D eigenvalue weighted by Gasteiger charge is 2.24. The monoisotopic (exact) mass is 460 g/mol. The summed E-state index contributed by atoms with van der Waals surface area (Å²) < 4.78 is 18.7. The zero-order valence-corrected chi connectivity index (χ0v) is 20.0. The van der Waals surface area contributed by atoms with Gasteiger partial charge >= 0.3 is 0 Å². The van der Waals surface area contributed by atoms with E-state index in [9.17, 15) is 9.32 Å². The third-order valence-corrected chi connectivity index (χ3v) is 9.06. The summed E-state index contributed by atoms with van der Waals surface area (Å²) in [5.41, 5.74) is 5.44. The maximum Gasteiger partial charge on any atom is 0.122 e. The van der Waals surface area contributed by atoms with Gasteiger partial charge in [-0.1, -0.05) is 29.8 Å². The maximum absolute atomic E-state index is 12.8. The van der Waals surface area contributed by atoms with Gasteiger partial charge in [-0.2, -0.15) is 0 Å². The van der Waals surface area contributed by atoms with Crippen LogP contribution >= 0.6 is 23.5 Å². The van der Waals surface area contributed by atoms with E-state index in [2.05, 4.69) is 13.0 Å². The average molecular weight is 461 g/mol.